The number of carbonyl (C=O) groups is 3. The van der Waals surface area contributed by atoms with E-state index in [-0.39, 0.29) is 18.9 Å². The van der Waals surface area contributed by atoms with Crippen molar-refractivity contribution in [1.29, 1.82) is 0 Å². The lowest BCUT2D eigenvalue weighted by atomic mass is 10.1. The van der Waals surface area contributed by atoms with Crippen LogP contribution in [0.25, 0.3) is 0 Å². The number of methoxy groups -OCH3 is 2. The molecule has 26 heavy (non-hydrogen) atoms. The van der Waals surface area contributed by atoms with Crippen molar-refractivity contribution >= 4 is 17.8 Å². The standard InChI is InChI=1S/C18H26N2O6/c1-5-19-16(21)11-20(6-2)17(22)12-26-18(23)10-13-7-8-14(24-3)15(9-13)25-4/h7-9H,5-6,10-12H2,1-4H3,(H,19,21). The van der Waals surface area contributed by atoms with Crippen LogP contribution in [0.15, 0.2) is 18.2 Å². The Balaban J connectivity index is 2.55. The molecule has 0 bridgehead atoms. The zero-order chi connectivity index (χ0) is 19.5. The molecule has 144 valence electrons. The highest BCUT2D eigenvalue weighted by molar-refractivity contribution is 5.86. The summed E-state index contributed by atoms with van der Waals surface area (Å²) in [6.45, 7) is 3.93. The van der Waals surface area contributed by atoms with E-state index < -0.39 is 18.5 Å². The van der Waals surface area contributed by atoms with E-state index in [4.69, 9.17) is 14.2 Å². The summed E-state index contributed by atoms with van der Waals surface area (Å²) >= 11 is 0. The van der Waals surface area contributed by atoms with E-state index in [2.05, 4.69) is 5.32 Å². The van der Waals surface area contributed by atoms with Crippen LogP contribution in [0.4, 0.5) is 0 Å². The van der Waals surface area contributed by atoms with Gasteiger partial charge in [0.15, 0.2) is 18.1 Å². The summed E-state index contributed by atoms with van der Waals surface area (Å²) in [6, 6.07) is 5.09. The fourth-order valence-electron chi connectivity index (χ4n) is 2.24. The zero-order valence-electron chi connectivity index (χ0n) is 15.7. The highest BCUT2D eigenvalue weighted by atomic mass is 16.5. The minimum Gasteiger partial charge on any atom is -0.493 e. The minimum atomic E-state index is -0.542. The van der Waals surface area contributed by atoms with Crippen LogP contribution in [0.1, 0.15) is 19.4 Å². The van der Waals surface area contributed by atoms with Crippen LogP contribution in [0.2, 0.25) is 0 Å². The first kappa shape index (κ1) is 21.3. The van der Waals surface area contributed by atoms with E-state index >= 15 is 0 Å². The molecule has 1 N–H and O–H groups in total. The average molecular weight is 366 g/mol. The highest BCUT2D eigenvalue weighted by Gasteiger charge is 2.17. The third kappa shape index (κ3) is 6.62. The highest BCUT2D eigenvalue weighted by Crippen LogP contribution is 2.27. The molecule has 0 aliphatic rings. The molecule has 0 heterocycles. The number of nitrogens with one attached hydrogen (secondary N) is 1. The van der Waals surface area contributed by atoms with E-state index in [1.807, 2.05) is 0 Å². The smallest absolute Gasteiger partial charge is 0.310 e. The molecular weight excluding hydrogens is 340 g/mol. The molecule has 0 radical (unpaired) electrons. The summed E-state index contributed by atoms with van der Waals surface area (Å²) in [6.07, 6.45) is -0.00389. The minimum absolute atomic E-state index is 0.00389. The maximum absolute atomic E-state index is 12.1. The molecule has 0 aliphatic carbocycles. The van der Waals surface area contributed by atoms with Crippen LogP contribution in [0, 0.1) is 0 Å². The zero-order valence-corrected chi connectivity index (χ0v) is 15.7. The molecule has 0 fully saturated rings. The van der Waals surface area contributed by atoms with Crippen molar-refractivity contribution in [3.05, 3.63) is 23.8 Å². The van der Waals surface area contributed by atoms with Crippen LogP contribution < -0.4 is 14.8 Å². The van der Waals surface area contributed by atoms with E-state index in [1.165, 1.54) is 19.1 Å². The van der Waals surface area contributed by atoms with Crippen LogP contribution >= 0.6 is 0 Å². The number of likely N-dealkylation sites (N-methyl/N-ethyl adjacent to an activating group) is 2. The monoisotopic (exact) mass is 366 g/mol. The van der Waals surface area contributed by atoms with Gasteiger partial charge in [-0.05, 0) is 31.5 Å². The second-order valence-corrected chi connectivity index (χ2v) is 5.39. The Morgan fingerprint density at radius 2 is 1.77 bits per heavy atom. The number of nitrogens with zero attached hydrogens (tertiary/aromatic N) is 1. The van der Waals surface area contributed by atoms with E-state index in [0.29, 0.717) is 30.2 Å². The van der Waals surface area contributed by atoms with Gasteiger partial charge in [0, 0.05) is 13.1 Å². The van der Waals surface area contributed by atoms with Gasteiger partial charge in [-0.3, -0.25) is 14.4 Å². The average Bonchev–Trinajstić information content (AvgIpc) is 2.64. The summed E-state index contributed by atoms with van der Waals surface area (Å²) in [5.74, 6) is -0.143. The first-order chi connectivity index (χ1) is 12.4. The number of hydrogen-bond donors (Lipinski definition) is 1. The number of rotatable bonds is 10. The van der Waals surface area contributed by atoms with Gasteiger partial charge >= 0.3 is 5.97 Å². The van der Waals surface area contributed by atoms with Gasteiger partial charge in [-0.15, -0.1) is 0 Å². The number of amides is 2. The molecule has 0 atom stereocenters. The molecule has 1 aromatic carbocycles. The van der Waals surface area contributed by atoms with Crippen molar-refractivity contribution in [3.8, 4) is 11.5 Å². The third-order valence-electron chi connectivity index (χ3n) is 3.60. The van der Waals surface area contributed by atoms with Crippen molar-refractivity contribution in [2.24, 2.45) is 0 Å². The van der Waals surface area contributed by atoms with Crippen LogP contribution in [-0.4, -0.2) is 63.1 Å². The van der Waals surface area contributed by atoms with Gasteiger partial charge in [0.05, 0.1) is 27.2 Å². The Bertz CT molecular complexity index is 632. The van der Waals surface area contributed by atoms with Gasteiger partial charge in [-0.25, -0.2) is 0 Å². The van der Waals surface area contributed by atoms with Gasteiger partial charge in [-0.2, -0.15) is 0 Å². The number of esters is 1. The van der Waals surface area contributed by atoms with Gasteiger partial charge in [0.1, 0.15) is 0 Å². The third-order valence-corrected chi connectivity index (χ3v) is 3.60. The Labute approximate surface area is 153 Å². The number of benzene rings is 1. The molecule has 8 nitrogen and oxygen atoms in total. The second kappa shape index (κ2) is 11.0. The molecule has 8 heteroatoms. The SMILES string of the molecule is CCNC(=O)CN(CC)C(=O)COC(=O)Cc1ccc(OC)c(OC)c1. The Kier molecular flexibility index (Phi) is 8.97. The molecule has 0 saturated carbocycles. The van der Waals surface area contributed by atoms with Gasteiger partial charge in [0.25, 0.3) is 5.91 Å². The normalized spacial score (nSPS) is 10.0. The van der Waals surface area contributed by atoms with Crippen LogP contribution in [-0.2, 0) is 25.5 Å². The summed E-state index contributed by atoms with van der Waals surface area (Å²) in [5.41, 5.74) is 0.676. The number of carbonyl (C=O) groups excluding carboxylic acids is 3. The molecule has 1 aromatic rings. The summed E-state index contributed by atoms with van der Waals surface area (Å²) in [5, 5.41) is 2.62. The van der Waals surface area contributed by atoms with Crippen molar-refractivity contribution in [3.63, 3.8) is 0 Å². The largest absolute Gasteiger partial charge is 0.493 e. The molecule has 0 unspecified atom stereocenters. The van der Waals surface area contributed by atoms with Crippen LogP contribution in [0.3, 0.4) is 0 Å². The molecule has 2 amide bonds. The topological polar surface area (TPSA) is 94.2 Å². The number of ether oxygens (including phenoxy) is 3. The van der Waals surface area contributed by atoms with Crippen LogP contribution in [0.5, 0.6) is 11.5 Å². The summed E-state index contributed by atoms with van der Waals surface area (Å²) in [4.78, 5) is 37.0. The van der Waals surface area contributed by atoms with Gasteiger partial charge in [0.2, 0.25) is 5.91 Å². The van der Waals surface area contributed by atoms with Crippen molar-refractivity contribution in [2.75, 3.05) is 40.5 Å². The molecule has 0 aliphatic heterocycles. The Morgan fingerprint density at radius 1 is 1.08 bits per heavy atom. The lowest BCUT2D eigenvalue weighted by Gasteiger charge is -2.20. The molecule has 1 rings (SSSR count). The quantitative estimate of drug-likeness (QED) is 0.615. The number of hydrogen-bond acceptors (Lipinski definition) is 6. The summed E-state index contributed by atoms with van der Waals surface area (Å²) in [7, 11) is 3.03. The Morgan fingerprint density at radius 3 is 2.35 bits per heavy atom. The lowest BCUT2D eigenvalue weighted by molar-refractivity contribution is -0.152. The predicted octanol–water partition coefficient (Wildman–Crippen LogP) is 0.774. The predicted molar refractivity (Wildman–Crippen MR) is 95.1 cm³/mol. The van der Waals surface area contributed by atoms with Crippen molar-refractivity contribution < 1.29 is 28.6 Å². The van der Waals surface area contributed by atoms with E-state index in [9.17, 15) is 14.4 Å². The summed E-state index contributed by atoms with van der Waals surface area (Å²) < 4.78 is 15.4. The molecular formula is C18H26N2O6. The van der Waals surface area contributed by atoms with Crippen molar-refractivity contribution in [2.45, 2.75) is 20.3 Å². The molecule has 0 aromatic heterocycles. The fraction of sp³-hybridized carbons (Fsp3) is 0.500. The van der Waals surface area contributed by atoms with Gasteiger partial charge < -0.3 is 24.4 Å². The molecule has 0 saturated heterocycles. The first-order valence-corrected chi connectivity index (χ1v) is 8.36. The second-order valence-electron chi connectivity index (χ2n) is 5.39. The van der Waals surface area contributed by atoms with E-state index in [1.54, 1.807) is 32.0 Å². The van der Waals surface area contributed by atoms with Crippen molar-refractivity contribution in [1.82, 2.24) is 10.2 Å². The maximum atomic E-state index is 12.1. The van der Waals surface area contributed by atoms with E-state index in [0.717, 1.165) is 0 Å². The molecule has 0 spiro atoms. The van der Waals surface area contributed by atoms with Gasteiger partial charge in [-0.1, -0.05) is 6.07 Å². The Hall–Kier alpha value is -2.77. The first-order valence-electron chi connectivity index (χ1n) is 8.36. The fourth-order valence-corrected chi connectivity index (χ4v) is 2.24. The lowest BCUT2D eigenvalue weighted by Crippen LogP contribution is -2.42. The maximum Gasteiger partial charge on any atom is 0.310 e.